The van der Waals surface area contributed by atoms with E-state index in [9.17, 15) is 4.79 Å². The number of hydrogen-bond acceptors (Lipinski definition) is 4. The van der Waals surface area contributed by atoms with Crippen LogP contribution in [0.4, 0.5) is 4.79 Å². The molecule has 1 aliphatic heterocycles. The number of piperidine rings is 1. The van der Waals surface area contributed by atoms with Crippen molar-refractivity contribution in [2.75, 3.05) is 13.1 Å². The van der Waals surface area contributed by atoms with Crippen molar-refractivity contribution in [1.82, 2.24) is 15.2 Å². The fourth-order valence-electron chi connectivity index (χ4n) is 4.13. The van der Waals surface area contributed by atoms with Gasteiger partial charge in [-0.15, -0.1) is 0 Å². The van der Waals surface area contributed by atoms with Crippen LogP contribution in [0.3, 0.4) is 0 Å². The van der Waals surface area contributed by atoms with E-state index in [4.69, 9.17) is 16.3 Å². The molecule has 1 aromatic heterocycles. The molecule has 168 valence electrons. The van der Waals surface area contributed by atoms with Gasteiger partial charge in [0.05, 0.1) is 15.8 Å². The number of rotatable bonds is 5. The quantitative estimate of drug-likeness (QED) is 0.367. The second-order valence-electron chi connectivity index (χ2n) is 8.07. The zero-order chi connectivity index (χ0) is 22.6. The van der Waals surface area contributed by atoms with Crippen molar-refractivity contribution < 1.29 is 9.53 Å². The van der Waals surface area contributed by atoms with E-state index < -0.39 is 0 Å². The molecule has 5 rings (SSSR count). The number of fused-ring (bicyclic) bond motifs is 1. The first kappa shape index (κ1) is 21.7. The molecule has 0 unspecified atom stereocenters. The van der Waals surface area contributed by atoms with Gasteiger partial charge < -0.3 is 15.0 Å². The molecular weight excluding hydrogens is 454 g/mol. The Kier molecular flexibility index (Phi) is 6.46. The lowest BCUT2D eigenvalue weighted by Gasteiger charge is -2.33. The summed E-state index contributed by atoms with van der Waals surface area (Å²) in [7, 11) is 0. The number of hydrogen-bond donors (Lipinski definition) is 1. The van der Waals surface area contributed by atoms with Crippen LogP contribution in [0.2, 0.25) is 5.02 Å². The highest BCUT2D eigenvalue weighted by atomic mass is 35.5. The monoisotopic (exact) mass is 477 g/mol. The zero-order valence-electron chi connectivity index (χ0n) is 18.0. The van der Waals surface area contributed by atoms with Crippen LogP contribution in [-0.2, 0) is 0 Å². The number of urea groups is 1. The zero-order valence-corrected chi connectivity index (χ0v) is 19.6. The molecule has 0 aliphatic carbocycles. The number of nitrogens with zero attached hydrogens (tertiary/aromatic N) is 2. The summed E-state index contributed by atoms with van der Waals surface area (Å²) in [5, 5.41) is 4.50. The predicted molar refractivity (Wildman–Crippen MR) is 133 cm³/mol. The minimum atomic E-state index is -0.193. The summed E-state index contributed by atoms with van der Waals surface area (Å²) in [6, 6.07) is 25.6. The largest absolute Gasteiger partial charge is 0.467 e. The highest BCUT2D eigenvalue weighted by molar-refractivity contribution is 7.20. The molecule has 4 aromatic rings. The third-order valence-corrected chi connectivity index (χ3v) is 7.10. The summed E-state index contributed by atoms with van der Waals surface area (Å²) in [5.74, 6) is 0. The number of nitrogens with one attached hydrogen (secondary N) is 1. The van der Waals surface area contributed by atoms with Crippen molar-refractivity contribution >= 4 is 39.2 Å². The second kappa shape index (κ2) is 9.81. The van der Waals surface area contributed by atoms with Gasteiger partial charge in [-0.2, -0.15) is 0 Å². The molecule has 0 bridgehead atoms. The molecule has 1 N–H and O–H groups in total. The summed E-state index contributed by atoms with van der Waals surface area (Å²) in [6.07, 6.45) is 1.56. The van der Waals surface area contributed by atoms with Gasteiger partial charge in [-0.25, -0.2) is 9.78 Å². The van der Waals surface area contributed by atoms with E-state index in [1.807, 2.05) is 83.8 Å². The fraction of sp³-hybridized carbons (Fsp3) is 0.231. The van der Waals surface area contributed by atoms with Crippen molar-refractivity contribution in [2.45, 2.75) is 25.0 Å². The Bertz CT molecular complexity index is 1180. The number of aromatic nitrogens is 1. The fourth-order valence-corrected chi connectivity index (χ4v) is 5.31. The number of carbonyl (C=O) groups is 1. The Labute approximate surface area is 202 Å². The number of carbonyl (C=O) groups excluding carboxylic acids is 1. The van der Waals surface area contributed by atoms with Gasteiger partial charge in [0.25, 0.3) is 5.19 Å². The van der Waals surface area contributed by atoms with E-state index in [-0.39, 0.29) is 18.2 Å². The van der Waals surface area contributed by atoms with Crippen molar-refractivity contribution in [3.05, 3.63) is 95.0 Å². The summed E-state index contributed by atoms with van der Waals surface area (Å²) >= 11 is 7.74. The third-order valence-electron chi connectivity index (χ3n) is 5.88. The number of halogens is 1. The van der Waals surface area contributed by atoms with Gasteiger partial charge >= 0.3 is 6.03 Å². The van der Waals surface area contributed by atoms with Crippen molar-refractivity contribution in [3.63, 3.8) is 0 Å². The predicted octanol–water partition coefficient (Wildman–Crippen LogP) is 6.29. The highest BCUT2D eigenvalue weighted by Gasteiger charge is 2.27. The molecule has 2 heterocycles. The van der Waals surface area contributed by atoms with Crippen LogP contribution in [-0.4, -0.2) is 35.1 Å². The van der Waals surface area contributed by atoms with Crippen LogP contribution in [0.5, 0.6) is 5.19 Å². The molecule has 1 fully saturated rings. The van der Waals surface area contributed by atoms with Crippen LogP contribution in [0.15, 0.2) is 78.9 Å². The first-order valence-electron chi connectivity index (χ1n) is 11.0. The van der Waals surface area contributed by atoms with Crippen LogP contribution in [0.25, 0.3) is 10.2 Å². The lowest BCUT2D eigenvalue weighted by Crippen LogP contribution is -2.47. The van der Waals surface area contributed by atoms with E-state index in [0.29, 0.717) is 23.3 Å². The molecule has 33 heavy (non-hydrogen) atoms. The van der Waals surface area contributed by atoms with Gasteiger partial charge in [-0.1, -0.05) is 89.7 Å². The van der Waals surface area contributed by atoms with Gasteiger partial charge in [0.1, 0.15) is 11.6 Å². The Morgan fingerprint density at radius 1 is 0.970 bits per heavy atom. The van der Waals surface area contributed by atoms with Gasteiger partial charge in [0.15, 0.2) is 0 Å². The summed E-state index contributed by atoms with van der Waals surface area (Å²) < 4.78 is 7.15. The maximum absolute atomic E-state index is 13.1. The molecule has 3 aromatic carbocycles. The Morgan fingerprint density at radius 2 is 1.61 bits per heavy atom. The van der Waals surface area contributed by atoms with Crippen LogP contribution >= 0.6 is 22.9 Å². The highest BCUT2D eigenvalue weighted by Crippen LogP contribution is 2.33. The minimum absolute atomic E-state index is 0.0347. The molecule has 0 spiro atoms. The minimum Gasteiger partial charge on any atom is -0.467 e. The Morgan fingerprint density at radius 3 is 2.21 bits per heavy atom. The van der Waals surface area contributed by atoms with E-state index >= 15 is 0 Å². The topological polar surface area (TPSA) is 54.5 Å². The maximum atomic E-state index is 13.1. The van der Waals surface area contributed by atoms with E-state index in [1.165, 1.54) is 11.3 Å². The van der Waals surface area contributed by atoms with E-state index in [2.05, 4.69) is 10.3 Å². The summed E-state index contributed by atoms with van der Waals surface area (Å²) in [6.45, 7) is 1.27. The van der Waals surface area contributed by atoms with Crippen molar-refractivity contribution in [2.24, 2.45) is 0 Å². The second-order valence-corrected chi connectivity index (χ2v) is 9.47. The Hall–Kier alpha value is -3.09. The Balaban J connectivity index is 1.22. The van der Waals surface area contributed by atoms with Gasteiger partial charge in [-0.05, 0) is 23.3 Å². The number of likely N-dealkylation sites (tertiary alicyclic amines) is 1. The number of para-hydroxylation sites is 1. The smallest absolute Gasteiger partial charge is 0.318 e. The normalized spacial score (nSPS) is 14.5. The lowest BCUT2D eigenvalue weighted by atomic mass is 9.99. The third kappa shape index (κ3) is 4.97. The van der Waals surface area contributed by atoms with Crippen molar-refractivity contribution in [1.29, 1.82) is 0 Å². The molecule has 1 aliphatic rings. The summed E-state index contributed by atoms with van der Waals surface area (Å²) in [4.78, 5) is 19.5. The molecular formula is C26H24ClN3O2S. The van der Waals surface area contributed by atoms with Crippen molar-refractivity contribution in [3.8, 4) is 5.19 Å². The molecule has 7 heteroatoms. The standard InChI is InChI=1S/C26H24ClN3O2S/c27-21-12-7-13-22-24(21)29-26(33-22)32-20-14-16-30(17-15-20)25(31)28-23(18-8-3-1-4-9-18)19-10-5-2-6-11-19/h1-13,20,23H,14-17H2,(H,28,31). The van der Waals surface area contributed by atoms with Gasteiger partial charge in [-0.3, -0.25) is 0 Å². The average molecular weight is 478 g/mol. The van der Waals surface area contributed by atoms with E-state index in [0.717, 1.165) is 34.2 Å². The van der Waals surface area contributed by atoms with Crippen LogP contribution in [0, 0.1) is 0 Å². The average Bonchev–Trinajstić information content (AvgIpc) is 3.28. The number of ether oxygens (including phenoxy) is 1. The number of thiazole rings is 1. The van der Waals surface area contributed by atoms with Crippen LogP contribution in [0.1, 0.15) is 30.0 Å². The molecule has 1 saturated heterocycles. The first-order chi connectivity index (χ1) is 16.2. The molecule has 0 saturated carbocycles. The molecule has 2 amide bonds. The first-order valence-corrected chi connectivity index (χ1v) is 12.2. The SMILES string of the molecule is O=C(NC(c1ccccc1)c1ccccc1)N1CCC(Oc2nc3c(Cl)cccc3s2)CC1. The van der Waals surface area contributed by atoms with Gasteiger partial charge in [0, 0.05) is 25.9 Å². The number of benzene rings is 3. The maximum Gasteiger partial charge on any atom is 0.318 e. The molecule has 5 nitrogen and oxygen atoms in total. The van der Waals surface area contributed by atoms with E-state index in [1.54, 1.807) is 0 Å². The number of amides is 2. The molecule has 0 atom stereocenters. The van der Waals surface area contributed by atoms with Crippen LogP contribution < -0.4 is 10.1 Å². The summed E-state index contributed by atoms with van der Waals surface area (Å²) in [5.41, 5.74) is 2.90. The molecule has 0 radical (unpaired) electrons. The lowest BCUT2D eigenvalue weighted by molar-refractivity contribution is 0.110. The van der Waals surface area contributed by atoms with Gasteiger partial charge in [0.2, 0.25) is 0 Å².